The lowest BCUT2D eigenvalue weighted by Crippen LogP contribution is -2.28. The molecule has 0 spiro atoms. The largest absolute Gasteiger partial charge is 0.510 e. The Hall–Kier alpha value is -0.0200. The quantitative estimate of drug-likeness (QED) is 0.518. The van der Waals surface area contributed by atoms with Crippen LogP contribution in [-0.4, -0.2) is 21.1 Å². The molecule has 2 nitrogen and oxygen atoms in total. The highest BCUT2D eigenvalue weighted by atomic mass is 79.9. The molecule has 0 heterocycles. The maximum absolute atomic E-state index is 9.23. The van der Waals surface area contributed by atoms with Gasteiger partial charge in [-0.25, -0.2) is 0 Å². The number of rotatable bonds is 2. The average Bonchev–Trinajstić information content (AvgIpc) is 1.86. The zero-order valence-corrected chi connectivity index (χ0v) is 7.14. The lowest BCUT2D eigenvalue weighted by molar-refractivity contribution is 0.0765. The summed E-state index contributed by atoms with van der Waals surface area (Å²) < 4.78 is 0. The Balaban J connectivity index is 4.14. The van der Waals surface area contributed by atoms with Gasteiger partial charge in [-0.2, -0.15) is 0 Å². The van der Waals surface area contributed by atoms with Crippen molar-refractivity contribution in [2.45, 2.75) is 19.4 Å². The van der Waals surface area contributed by atoms with Crippen LogP contribution in [0.4, 0.5) is 0 Å². The van der Waals surface area contributed by atoms with Gasteiger partial charge in [0.1, 0.15) is 11.4 Å². The molecule has 0 fully saturated rings. The van der Waals surface area contributed by atoms with Crippen molar-refractivity contribution in [2.75, 3.05) is 5.33 Å². The zero-order chi connectivity index (χ0) is 7.49. The Morgan fingerprint density at radius 3 is 2.33 bits per heavy atom. The molecule has 0 aliphatic carbocycles. The molecule has 0 radical (unpaired) electrons. The topological polar surface area (TPSA) is 40.5 Å². The van der Waals surface area contributed by atoms with Crippen molar-refractivity contribution in [3.63, 3.8) is 0 Å². The monoisotopic (exact) mass is 194 g/mol. The standard InChI is InChI=1S/C6H11BrO2/c1-3-5(8)6(2,9)4-7/h3,8-9H,4H2,1-2H3/t6-/m1/s1. The number of aliphatic hydroxyl groups excluding tert-OH is 1. The molecule has 2 N–H and O–H groups in total. The van der Waals surface area contributed by atoms with E-state index in [0.717, 1.165) is 0 Å². The minimum absolute atomic E-state index is 0.000579. The van der Waals surface area contributed by atoms with Crippen LogP contribution in [0.1, 0.15) is 13.8 Å². The minimum atomic E-state index is -1.12. The van der Waals surface area contributed by atoms with Crippen molar-refractivity contribution < 1.29 is 10.2 Å². The predicted octanol–water partition coefficient (Wildman–Crippen LogP) is 1.59. The maximum atomic E-state index is 9.23. The molecule has 0 aromatic carbocycles. The van der Waals surface area contributed by atoms with E-state index in [1.165, 1.54) is 13.0 Å². The molecular weight excluding hydrogens is 184 g/mol. The second-order valence-corrected chi connectivity index (χ2v) is 2.64. The van der Waals surface area contributed by atoms with Crippen LogP contribution in [-0.2, 0) is 0 Å². The Labute approximate surface area is 63.3 Å². The molecule has 3 heteroatoms. The molecule has 0 aliphatic rings. The van der Waals surface area contributed by atoms with Crippen molar-refractivity contribution in [3.8, 4) is 0 Å². The smallest absolute Gasteiger partial charge is 0.128 e. The first-order chi connectivity index (χ1) is 4.04. The van der Waals surface area contributed by atoms with E-state index in [1.807, 2.05) is 0 Å². The number of halogens is 1. The summed E-state index contributed by atoms with van der Waals surface area (Å²) in [4.78, 5) is 0. The molecule has 0 saturated carbocycles. The van der Waals surface area contributed by atoms with Gasteiger partial charge in [0.2, 0.25) is 0 Å². The average molecular weight is 195 g/mol. The molecule has 0 aromatic heterocycles. The normalized spacial score (nSPS) is 19.3. The fourth-order valence-electron chi connectivity index (χ4n) is 0.379. The van der Waals surface area contributed by atoms with Gasteiger partial charge in [-0.3, -0.25) is 0 Å². The Morgan fingerprint density at radius 2 is 2.22 bits per heavy atom. The maximum Gasteiger partial charge on any atom is 0.128 e. The SMILES string of the molecule is CC=C(O)[C@](C)(O)CBr. The molecule has 0 aliphatic heterocycles. The molecule has 0 rings (SSSR count). The van der Waals surface area contributed by atoms with Gasteiger partial charge >= 0.3 is 0 Å². The molecular formula is C6H11BrO2. The molecule has 0 amide bonds. The lowest BCUT2D eigenvalue weighted by Gasteiger charge is -2.18. The van der Waals surface area contributed by atoms with Crippen LogP contribution in [0.25, 0.3) is 0 Å². The van der Waals surface area contributed by atoms with Crippen molar-refractivity contribution >= 4 is 15.9 Å². The van der Waals surface area contributed by atoms with Crippen LogP contribution in [0.2, 0.25) is 0 Å². The summed E-state index contributed by atoms with van der Waals surface area (Å²) in [7, 11) is 0. The summed E-state index contributed by atoms with van der Waals surface area (Å²) >= 11 is 3.06. The summed E-state index contributed by atoms with van der Waals surface area (Å²) in [5.41, 5.74) is -1.12. The third-order valence-corrected chi connectivity index (χ3v) is 2.18. The number of aliphatic hydroxyl groups is 2. The number of hydrogen-bond acceptors (Lipinski definition) is 2. The number of alkyl halides is 1. The molecule has 54 valence electrons. The Morgan fingerprint density at radius 1 is 1.78 bits per heavy atom. The van der Waals surface area contributed by atoms with Crippen molar-refractivity contribution in [1.29, 1.82) is 0 Å². The van der Waals surface area contributed by atoms with Crippen LogP contribution in [0.5, 0.6) is 0 Å². The molecule has 0 unspecified atom stereocenters. The first-order valence-electron chi connectivity index (χ1n) is 2.68. The number of allylic oxidation sites excluding steroid dienone is 1. The molecule has 0 saturated heterocycles. The predicted molar refractivity (Wildman–Crippen MR) is 40.8 cm³/mol. The van der Waals surface area contributed by atoms with Crippen LogP contribution < -0.4 is 0 Å². The highest BCUT2D eigenvalue weighted by Gasteiger charge is 2.22. The lowest BCUT2D eigenvalue weighted by atomic mass is 10.1. The molecule has 9 heavy (non-hydrogen) atoms. The van der Waals surface area contributed by atoms with Crippen LogP contribution in [0.15, 0.2) is 11.8 Å². The summed E-state index contributed by atoms with van der Waals surface area (Å²) in [6.45, 7) is 3.21. The minimum Gasteiger partial charge on any atom is -0.510 e. The van der Waals surface area contributed by atoms with Gasteiger partial charge < -0.3 is 10.2 Å². The third kappa shape index (κ3) is 2.37. The highest BCUT2D eigenvalue weighted by Crippen LogP contribution is 2.15. The van der Waals surface area contributed by atoms with Gasteiger partial charge in [-0.15, -0.1) is 0 Å². The fraction of sp³-hybridized carbons (Fsp3) is 0.667. The summed E-state index contributed by atoms with van der Waals surface area (Å²) in [6.07, 6.45) is 1.47. The number of hydrogen-bond donors (Lipinski definition) is 2. The van der Waals surface area contributed by atoms with Gasteiger partial charge in [-0.05, 0) is 19.9 Å². The van der Waals surface area contributed by atoms with Crippen molar-refractivity contribution in [3.05, 3.63) is 11.8 Å². The van der Waals surface area contributed by atoms with E-state index in [4.69, 9.17) is 5.11 Å². The van der Waals surface area contributed by atoms with E-state index in [-0.39, 0.29) is 5.76 Å². The van der Waals surface area contributed by atoms with Gasteiger partial charge in [-0.1, -0.05) is 15.9 Å². The summed E-state index contributed by atoms with van der Waals surface area (Å²) in [5, 5.41) is 18.5. The zero-order valence-electron chi connectivity index (χ0n) is 5.56. The van der Waals surface area contributed by atoms with Crippen LogP contribution >= 0.6 is 15.9 Å². The first kappa shape index (κ1) is 8.98. The van der Waals surface area contributed by atoms with E-state index in [0.29, 0.717) is 5.33 Å². The first-order valence-corrected chi connectivity index (χ1v) is 3.81. The van der Waals surface area contributed by atoms with E-state index in [2.05, 4.69) is 15.9 Å². The Kier molecular flexibility index (Phi) is 3.22. The van der Waals surface area contributed by atoms with Gasteiger partial charge in [0.15, 0.2) is 0 Å². The van der Waals surface area contributed by atoms with E-state index >= 15 is 0 Å². The van der Waals surface area contributed by atoms with Gasteiger partial charge in [0.25, 0.3) is 0 Å². The fourth-order valence-corrected chi connectivity index (χ4v) is 0.667. The van der Waals surface area contributed by atoms with Gasteiger partial charge in [0.05, 0.1) is 0 Å². The molecule has 1 atom stereocenters. The molecule has 0 bridgehead atoms. The van der Waals surface area contributed by atoms with E-state index < -0.39 is 5.60 Å². The van der Waals surface area contributed by atoms with Gasteiger partial charge in [0, 0.05) is 5.33 Å². The van der Waals surface area contributed by atoms with Crippen LogP contribution in [0.3, 0.4) is 0 Å². The second-order valence-electron chi connectivity index (χ2n) is 2.08. The summed E-state index contributed by atoms with van der Waals surface area (Å²) in [5.74, 6) is -0.000579. The highest BCUT2D eigenvalue weighted by molar-refractivity contribution is 9.09. The second kappa shape index (κ2) is 3.22. The molecule has 0 aromatic rings. The summed E-state index contributed by atoms with van der Waals surface area (Å²) in [6, 6.07) is 0. The van der Waals surface area contributed by atoms with Crippen LogP contribution in [0, 0.1) is 0 Å². The van der Waals surface area contributed by atoms with Crippen molar-refractivity contribution in [1.82, 2.24) is 0 Å². The third-order valence-electron chi connectivity index (χ3n) is 1.09. The van der Waals surface area contributed by atoms with Crippen molar-refractivity contribution in [2.24, 2.45) is 0 Å². The van der Waals surface area contributed by atoms with E-state index in [1.54, 1.807) is 6.92 Å². The van der Waals surface area contributed by atoms with E-state index in [9.17, 15) is 5.11 Å². The Bertz CT molecular complexity index is 118.